The summed E-state index contributed by atoms with van der Waals surface area (Å²) in [6, 6.07) is 7.10. The molecule has 4 nitrogen and oxygen atoms in total. The lowest BCUT2D eigenvalue weighted by molar-refractivity contribution is -0.135. The zero-order chi connectivity index (χ0) is 11.8. The molecule has 0 amide bonds. The fourth-order valence-electron chi connectivity index (χ4n) is 1.04. The molecular weight excluding hydrogens is 206 g/mol. The molecular formula is C12H15NO3. The summed E-state index contributed by atoms with van der Waals surface area (Å²) in [5.41, 5.74) is 0.689. The summed E-state index contributed by atoms with van der Waals surface area (Å²) in [4.78, 5) is 15.1. The van der Waals surface area contributed by atoms with Gasteiger partial charge in [-0.15, -0.1) is 0 Å². The quantitative estimate of drug-likeness (QED) is 0.566. The Kier molecular flexibility index (Phi) is 5.05. The minimum Gasteiger partial charge on any atom is -0.497 e. The Morgan fingerprint density at radius 3 is 2.62 bits per heavy atom. The number of nitrogens with zero attached hydrogens (tertiary/aromatic N) is 1. The number of carbonyl (C=O) groups excluding carboxylic acids is 1. The summed E-state index contributed by atoms with van der Waals surface area (Å²) in [6.07, 6.45) is 1.99. The van der Waals surface area contributed by atoms with E-state index in [0.717, 1.165) is 12.2 Å². The van der Waals surface area contributed by atoms with Gasteiger partial charge in [-0.1, -0.05) is 6.92 Å². The van der Waals surface area contributed by atoms with Crippen molar-refractivity contribution < 1.29 is 14.3 Å². The average Bonchev–Trinajstić information content (AvgIpc) is 2.34. The summed E-state index contributed by atoms with van der Waals surface area (Å²) < 4.78 is 9.85. The van der Waals surface area contributed by atoms with Crippen LogP contribution in [0.4, 0.5) is 5.69 Å². The van der Waals surface area contributed by atoms with E-state index in [-0.39, 0.29) is 0 Å². The molecule has 1 rings (SSSR count). The molecule has 0 radical (unpaired) electrons. The zero-order valence-corrected chi connectivity index (χ0v) is 9.47. The Balaban J connectivity index is 2.52. The number of methoxy groups -OCH3 is 1. The Morgan fingerprint density at radius 1 is 1.38 bits per heavy atom. The summed E-state index contributed by atoms with van der Waals surface area (Å²) in [5.74, 6) is 0.338. The number of aliphatic imine (C=N–C) groups is 1. The van der Waals surface area contributed by atoms with Crippen LogP contribution in [0.1, 0.15) is 13.3 Å². The van der Waals surface area contributed by atoms with Crippen molar-refractivity contribution in [3.05, 3.63) is 24.3 Å². The van der Waals surface area contributed by atoms with Crippen LogP contribution < -0.4 is 4.74 Å². The maximum atomic E-state index is 11.1. The number of rotatable bonds is 5. The predicted octanol–water partition coefficient (Wildman–Crippen LogP) is 2.35. The van der Waals surface area contributed by atoms with Crippen molar-refractivity contribution in [3.63, 3.8) is 0 Å². The third kappa shape index (κ3) is 4.13. The molecule has 0 fully saturated rings. The van der Waals surface area contributed by atoms with Gasteiger partial charge in [0.15, 0.2) is 0 Å². The fourth-order valence-corrected chi connectivity index (χ4v) is 1.04. The molecule has 16 heavy (non-hydrogen) atoms. The van der Waals surface area contributed by atoms with E-state index in [0.29, 0.717) is 12.3 Å². The summed E-state index contributed by atoms with van der Waals surface area (Å²) in [5, 5.41) is 0. The van der Waals surface area contributed by atoms with Crippen LogP contribution in [0.25, 0.3) is 0 Å². The molecule has 0 saturated carbocycles. The highest BCUT2D eigenvalue weighted by molar-refractivity contribution is 6.23. The first-order valence-corrected chi connectivity index (χ1v) is 5.11. The van der Waals surface area contributed by atoms with Crippen LogP contribution in [0.2, 0.25) is 0 Å². The normalized spacial score (nSPS) is 10.4. The largest absolute Gasteiger partial charge is 0.497 e. The highest BCUT2D eigenvalue weighted by Crippen LogP contribution is 2.16. The van der Waals surface area contributed by atoms with E-state index in [1.807, 2.05) is 6.92 Å². The highest BCUT2D eigenvalue weighted by atomic mass is 16.5. The average molecular weight is 221 g/mol. The van der Waals surface area contributed by atoms with E-state index < -0.39 is 5.97 Å². The van der Waals surface area contributed by atoms with Gasteiger partial charge in [-0.05, 0) is 30.7 Å². The molecule has 0 aromatic heterocycles. The molecule has 4 heteroatoms. The van der Waals surface area contributed by atoms with E-state index in [2.05, 4.69) is 4.99 Å². The Hall–Kier alpha value is -1.84. The van der Waals surface area contributed by atoms with Gasteiger partial charge in [0.2, 0.25) is 0 Å². The first-order chi connectivity index (χ1) is 7.76. The van der Waals surface area contributed by atoms with Crippen LogP contribution in [0.15, 0.2) is 29.3 Å². The van der Waals surface area contributed by atoms with E-state index in [9.17, 15) is 4.79 Å². The Bertz CT molecular complexity index is 357. The first-order valence-electron chi connectivity index (χ1n) is 5.11. The lowest BCUT2D eigenvalue weighted by Gasteiger charge is -1.99. The summed E-state index contributed by atoms with van der Waals surface area (Å²) in [6.45, 7) is 2.36. The van der Waals surface area contributed by atoms with Crippen LogP contribution in [-0.4, -0.2) is 25.9 Å². The number of benzene rings is 1. The van der Waals surface area contributed by atoms with Crippen LogP contribution in [-0.2, 0) is 9.53 Å². The van der Waals surface area contributed by atoms with E-state index in [1.165, 1.54) is 6.21 Å². The fraction of sp³-hybridized carbons (Fsp3) is 0.333. The molecule has 0 aliphatic carbocycles. The van der Waals surface area contributed by atoms with Gasteiger partial charge in [0.25, 0.3) is 0 Å². The number of esters is 1. The second kappa shape index (κ2) is 6.61. The van der Waals surface area contributed by atoms with E-state index in [1.54, 1.807) is 31.4 Å². The van der Waals surface area contributed by atoms with Crippen molar-refractivity contribution in [1.29, 1.82) is 0 Å². The molecule has 86 valence electrons. The van der Waals surface area contributed by atoms with Gasteiger partial charge in [0.1, 0.15) is 12.0 Å². The topological polar surface area (TPSA) is 47.9 Å². The van der Waals surface area contributed by atoms with E-state index >= 15 is 0 Å². The third-order valence-electron chi connectivity index (χ3n) is 1.84. The van der Waals surface area contributed by atoms with Crippen LogP contribution >= 0.6 is 0 Å². The minimum atomic E-state index is -0.419. The third-order valence-corrected chi connectivity index (χ3v) is 1.84. The Morgan fingerprint density at radius 2 is 2.06 bits per heavy atom. The summed E-state index contributed by atoms with van der Waals surface area (Å²) in [7, 11) is 1.60. The van der Waals surface area contributed by atoms with Gasteiger partial charge < -0.3 is 9.47 Å². The highest BCUT2D eigenvalue weighted by Gasteiger charge is 1.96. The minimum absolute atomic E-state index is 0.419. The molecule has 0 atom stereocenters. The standard InChI is InChI=1S/C12H15NO3/c1-3-8-16-12(14)9-13-10-4-6-11(15-2)7-5-10/h4-7,9H,3,8H2,1-2H3. The Labute approximate surface area is 94.9 Å². The molecule has 0 N–H and O–H groups in total. The van der Waals surface area contributed by atoms with Crippen molar-refractivity contribution in [2.45, 2.75) is 13.3 Å². The number of hydrogen-bond donors (Lipinski definition) is 0. The first kappa shape index (κ1) is 12.2. The second-order valence-electron chi connectivity index (χ2n) is 3.12. The van der Waals surface area contributed by atoms with Crippen molar-refractivity contribution in [3.8, 4) is 5.75 Å². The van der Waals surface area contributed by atoms with Crippen molar-refractivity contribution in [1.82, 2.24) is 0 Å². The molecule has 0 heterocycles. The van der Waals surface area contributed by atoms with Gasteiger partial charge in [-0.3, -0.25) is 0 Å². The molecule has 0 saturated heterocycles. The predicted molar refractivity (Wildman–Crippen MR) is 62.4 cm³/mol. The van der Waals surface area contributed by atoms with Gasteiger partial charge in [0, 0.05) is 0 Å². The maximum absolute atomic E-state index is 11.1. The second-order valence-corrected chi connectivity index (χ2v) is 3.12. The molecule has 0 unspecified atom stereocenters. The van der Waals surface area contributed by atoms with Crippen molar-refractivity contribution >= 4 is 17.9 Å². The maximum Gasteiger partial charge on any atom is 0.349 e. The molecule has 1 aromatic carbocycles. The SMILES string of the molecule is CCCOC(=O)C=Nc1ccc(OC)cc1. The summed E-state index contributed by atoms with van der Waals surface area (Å²) >= 11 is 0. The number of ether oxygens (including phenoxy) is 2. The lowest BCUT2D eigenvalue weighted by Crippen LogP contribution is -2.05. The number of hydrogen-bond acceptors (Lipinski definition) is 4. The number of carbonyl (C=O) groups is 1. The zero-order valence-electron chi connectivity index (χ0n) is 9.47. The van der Waals surface area contributed by atoms with Gasteiger partial charge in [0.05, 0.1) is 19.4 Å². The molecule has 1 aromatic rings. The van der Waals surface area contributed by atoms with Gasteiger partial charge >= 0.3 is 5.97 Å². The molecule has 0 aliphatic rings. The van der Waals surface area contributed by atoms with Gasteiger partial charge in [-0.25, -0.2) is 9.79 Å². The van der Waals surface area contributed by atoms with Crippen molar-refractivity contribution in [2.24, 2.45) is 4.99 Å². The van der Waals surface area contributed by atoms with E-state index in [4.69, 9.17) is 9.47 Å². The van der Waals surface area contributed by atoms with Crippen LogP contribution in [0.5, 0.6) is 5.75 Å². The molecule has 0 bridgehead atoms. The molecule has 0 spiro atoms. The van der Waals surface area contributed by atoms with Crippen LogP contribution in [0.3, 0.4) is 0 Å². The monoisotopic (exact) mass is 221 g/mol. The molecule has 0 aliphatic heterocycles. The lowest BCUT2D eigenvalue weighted by atomic mass is 10.3. The smallest absolute Gasteiger partial charge is 0.349 e. The van der Waals surface area contributed by atoms with Crippen LogP contribution in [0, 0.1) is 0 Å². The van der Waals surface area contributed by atoms with Gasteiger partial charge in [-0.2, -0.15) is 0 Å². The van der Waals surface area contributed by atoms with Crippen molar-refractivity contribution in [2.75, 3.05) is 13.7 Å².